The van der Waals surface area contributed by atoms with Crippen molar-refractivity contribution in [2.75, 3.05) is 0 Å². The average Bonchev–Trinajstić information content (AvgIpc) is 1.39. The molecule has 0 aliphatic carbocycles. The molecule has 0 fully saturated rings. The molecule has 0 aliphatic rings. The van der Waals surface area contributed by atoms with Gasteiger partial charge in [-0.05, 0) is 0 Å². The normalized spacial score (nSPS) is 2.18. The van der Waals surface area contributed by atoms with Gasteiger partial charge in [-0.25, -0.2) is 0 Å². The van der Waals surface area contributed by atoms with E-state index in [0.29, 0.717) is 0 Å². The van der Waals surface area contributed by atoms with E-state index in [-0.39, 0.29) is 70.7 Å². The van der Waals surface area contributed by atoms with E-state index in [1.54, 1.807) is 0 Å². The summed E-state index contributed by atoms with van der Waals surface area (Å²) in [6.07, 6.45) is 0. The van der Waals surface area contributed by atoms with Crippen LogP contribution in [0.25, 0.3) is 11.1 Å². The van der Waals surface area contributed by atoms with Crippen molar-refractivity contribution in [3.8, 4) is 0 Å². The summed E-state index contributed by atoms with van der Waals surface area (Å²) in [5, 5.41) is 3.00. The smallest absolute Gasteiger partial charge is 0 e. The van der Waals surface area contributed by atoms with Crippen LogP contribution in [-0.2, 0) is 21.1 Å². The van der Waals surface area contributed by atoms with Gasteiger partial charge in [0.2, 0.25) is 0 Å². The quantitative estimate of drug-likeness (QED) is 0.239. The molecule has 11 heteroatoms. The molecule has 6 nitrogen and oxygen atoms in total. The molecule has 0 unspecified atom stereocenters. The first-order chi connectivity index (χ1) is 2.83. The van der Waals surface area contributed by atoms with Crippen molar-refractivity contribution < 1.29 is 70.7 Å². The molecule has 0 saturated heterocycles. The van der Waals surface area contributed by atoms with Crippen LogP contribution in [-0.4, -0.2) is 0 Å². The van der Waals surface area contributed by atoms with Gasteiger partial charge in [0.25, 0.3) is 0 Å². The fraction of sp³-hybridized carbons (Fsp3) is 0. The van der Waals surface area contributed by atoms with E-state index >= 15 is 0 Å². The zero-order valence-electron chi connectivity index (χ0n) is 4.60. The SMILES string of the molecule is [Cl-].[Cl-].[Cl-].[Cl-].[Mo].[N]N=[N-].[N]N=[N-]. The monoisotopic (exact) mass is 322 g/mol. The van der Waals surface area contributed by atoms with Crippen molar-refractivity contribution in [1.29, 1.82) is 0 Å². The van der Waals surface area contributed by atoms with Crippen LogP contribution >= 0.6 is 0 Å². The third-order valence-electron chi connectivity index (χ3n) is 0. The molecule has 0 aromatic rings. The molecular weight excluding hydrogens is 322 g/mol. The van der Waals surface area contributed by atoms with E-state index in [2.05, 4.69) is 0 Å². The summed E-state index contributed by atoms with van der Waals surface area (Å²) >= 11 is 0. The molecule has 0 aromatic heterocycles. The van der Waals surface area contributed by atoms with Gasteiger partial charge in [0.1, 0.15) is 0 Å². The standard InChI is InChI=1S/4ClH.Mo.2N3/c;;;;;2*1-3-2/h4*1H;;;/q;;;;;2*-1/p-4. The van der Waals surface area contributed by atoms with Gasteiger partial charge in [-0.3, -0.25) is 10.4 Å². The van der Waals surface area contributed by atoms with Crippen LogP contribution in [0.2, 0.25) is 0 Å². The van der Waals surface area contributed by atoms with Gasteiger partial charge < -0.3 is 72.4 Å². The second-order valence-electron chi connectivity index (χ2n) is 0.179. The Kier molecular flexibility index (Phi) is 785. The summed E-state index contributed by atoms with van der Waals surface area (Å²) in [6.45, 7) is 0. The van der Waals surface area contributed by atoms with Crippen LogP contribution in [0.15, 0.2) is 10.4 Å². The first-order valence-electron chi connectivity index (χ1n) is 0.800. The molecule has 0 N–H and O–H groups in total. The van der Waals surface area contributed by atoms with E-state index in [1.165, 1.54) is 10.4 Å². The van der Waals surface area contributed by atoms with E-state index in [1.807, 2.05) is 0 Å². The van der Waals surface area contributed by atoms with E-state index in [9.17, 15) is 0 Å². The largest absolute Gasteiger partial charge is 1.00 e. The average molecular weight is 322 g/mol. The summed E-state index contributed by atoms with van der Waals surface area (Å²) < 4.78 is 0. The molecule has 70 valence electrons. The van der Waals surface area contributed by atoms with Gasteiger partial charge in [0.05, 0.1) is 0 Å². The maximum atomic E-state index is 6.75. The third kappa shape index (κ3) is 1890. The van der Waals surface area contributed by atoms with Crippen molar-refractivity contribution in [1.82, 2.24) is 11.7 Å². The first-order valence-corrected chi connectivity index (χ1v) is 0.800. The predicted octanol–water partition coefficient (Wildman–Crippen LogP) is -12.0. The molecule has 4 radical (unpaired) electrons. The maximum Gasteiger partial charge on any atom is 0 e. The van der Waals surface area contributed by atoms with E-state index in [4.69, 9.17) is 22.7 Å². The van der Waals surface area contributed by atoms with Crippen LogP contribution in [0.3, 0.4) is 0 Å². The zero-order chi connectivity index (χ0) is 5.41. The van der Waals surface area contributed by atoms with E-state index in [0.717, 1.165) is 0 Å². The second-order valence-corrected chi connectivity index (χ2v) is 0.179. The third-order valence-corrected chi connectivity index (χ3v) is 0. The van der Waals surface area contributed by atoms with Gasteiger partial charge in [0, 0.05) is 21.1 Å². The van der Waals surface area contributed by atoms with Gasteiger partial charge in [-0.2, -0.15) is 0 Å². The summed E-state index contributed by atoms with van der Waals surface area (Å²) in [5.74, 6) is 13.5. The predicted molar refractivity (Wildman–Crippen MR) is 15.8 cm³/mol. The minimum Gasteiger partial charge on any atom is -1.00 e. The fourth-order valence-electron chi connectivity index (χ4n) is 0. The molecule has 0 atom stereocenters. The first kappa shape index (κ1) is 61.1. The van der Waals surface area contributed by atoms with Gasteiger partial charge >= 0.3 is 0 Å². The summed E-state index contributed by atoms with van der Waals surface area (Å²) in [7, 11) is 0. The Balaban J connectivity index is -0.00000000400. The molecule has 0 amide bonds. The zero-order valence-corrected chi connectivity index (χ0v) is 9.63. The Morgan fingerprint density at radius 2 is 0.727 bits per heavy atom. The molecule has 0 bridgehead atoms. The van der Waals surface area contributed by atoms with Crippen molar-refractivity contribution in [2.24, 2.45) is 10.4 Å². The molecular formula is Cl4MoN6-6. The van der Waals surface area contributed by atoms with E-state index < -0.39 is 0 Å². The molecule has 0 spiro atoms. The number of hydrogen-bond donors (Lipinski definition) is 0. The molecule has 0 aromatic carbocycles. The van der Waals surface area contributed by atoms with Crippen molar-refractivity contribution >= 4 is 0 Å². The van der Waals surface area contributed by atoms with Crippen LogP contribution in [0.4, 0.5) is 0 Å². The minimum absolute atomic E-state index is 0. The maximum absolute atomic E-state index is 6.75. The summed E-state index contributed by atoms with van der Waals surface area (Å²) in [4.78, 5) is 0. The fourth-order valence-corrected chi connectivity index (χ4v) is 0. The molecule has 0 aliphatic heterocycles. The Bertz CT molecular complexity index is 35.6. The van der Waals surface area contributed by atoms with Crippen molar-refractivity contribution in [3.63, 3.8) is 0 Å². The Labute approximate surface area is 103 Å². The molecule has 11 heavy (non-hydrogen) atoms. The van der Waals surface area contributed by atoms with Crippen LogP contribution < -0.4 is 61.3 Å². The molecule has 0 heterocycles. The number of nitrogens with zero attached hydrogens (tertiary/aromatic N) is 6. The summed E-state index contributed by atoms with van der Waals surface area (Å²) in [6, 6.07) is 0. The van der Waals surface area contributed by atoms with Gasteiger partial charge in [0.15, 0.2) is 0 Å². The van der Waals surface area contributed by atoms with Gasteiger partial charge in [-0.15, -0.1) is 0 Å². The molecule has 0 saturated carbocycles. The number of rotatable bonds is 0. The second kappa shape index (κ2) is 141. The Morgan fingerprint density at radius 3 is 0.727 bits per heavy atom. The Hall–Kier alpha value is 0.648. The molecule has 0 rings (SSSR count). The van der Waals surface area contributed by atoms with Gasteiger partial charge in [-0.1, -0.05) is 0 Å². The Morgan fingerprint density at radius 1 is 0.727 bits per heavy atom. The van der Waals surface area contributed by atoms with Crippen LogP contribution in [0.1, 0.15) is 0 Å². The van der Waals surface area contributed by atoms with Crippen molar-refractivity contribution in [3.05, 3.63) is 11.1 Å². The van der Waals surface area contributed by atoms with Crippen LogP contribution in [0.5, 0.6) is 0 Å². The van der Waals surface area contributed by atoms with Crippen LogP contribution in [0, 0.1) is 0 Å². The topological polar surface area (TPSA) is 114 Å². The summed E-state index contributed by atoms with van der Waals surface area (Å²) in [5.41, 5.74) is 13.5. The van der Waals surface area contributed by atoms with Crippen molar-refractivity contribution in [2.45, 2.75) is 0 Å². The number of halogens is 4. The minimum atomic E-state index is 0. The number of hydrogen-bond acceptors (Lipinski definition) is 2.